The van der Waals surface area contributed by atoms with Crippen LogP contribution in [-0.2, 0) is 11.3 Å². The van der Waals surface area contributed by atoms with E-state index in [1.165, 1.54) is 24.6 Å². The topological polar surface area (TPSA) is 12.5 Å². The van der Waals surface area contributed by atoms with Gasteiger partial charge in [0, 0.05) is 32.4 Å². The van der Waals surface area contributed by atoms with Gasteiger partial charge in [-0.3, -0.25) is 4.90 Å². The molecule has 0 radical (unpaired) electrons. The monoisotopic (exact) mass is 283 g/mol. The van der Waals surface area contributed by atoms with Crippen LogP contribution in [0.1, 0.15) is 31.2 Å². The molecule has 20 heavy (non-hydrogen) atoms. The number of likely N-dealkylation sites (tertiary alicyclic amines) is 1. The van der Waals surface area contributed by atoms with Gasteiger partial charge in [0.2, 0.25) is 0 Å². The van der Waals surface area contributed by atoms with Gasteiger partial charge >= 0.3 is 0 Å². The largest absolute Gasteiger partial charge is 0.385 e. The molecule has 1 aliphatic heterocycles. The van der Waals surface area contributed by atoms with Gasteiger partial charge in [0.1, 0.15) is 11.6 Å². The van der Waals surface area contributed by atoms with Gasteiger partial charge in [-0.05, 0) is 50.3 Å². The fraction of sp³-hybridized carbons (Fsp3) is 0.625. The fourth-order valence-corrected chi connectivity index (χ4v) is 2.95. The van der Waals surface area contributed by atoms with Crippen molar-refractivity contribution in [1.82, 2.24) is 4.90 Å². The van der Waals surface area contributed by atoms with Gasteiger partial charge in [0.25, 0.3) is 0 Å². The molecule has 2 nitrogen and oxygen atoms in total. The first kappa shape index (κ1) is 15.4. The van der Waals surface area contributed by atoms with Gasteiger partial charge in [0.15, 0.2) is 0 Å². The Balaban J connectivity index is 1.89. The van der Waals surface area contributed by atoms with Crippen LogP contribution in [0.4, 0.5) is 8.78 Å². The quantitative estimate of drug-likeness (QED) is 0.740. The molecule has 0 amide bonds. The van der Waals surface area contributed by atoms with E-state index in [0.29, 0.717) is 12.5 Å². The van der Waals surface area contributed by atoms with Crippen LogP contribution in [0.3, 0.4) is 0 Å². The summed E-state index contributed by atoms with van der Waals surface area (Å²) in [4.78, 5) is 2.17. The van der Waals surface area contributed by atoms with E-state index in [2.05, 4.69) is 4.90 Å². The highest BCUT2D eigenvalue weighted by molar-refractivity contribution is 5.19. The average molecular weight is 283 g/mol. The Morgan fingerprint density at radius 3 is 2.75 bits per heavy atom. The molecule has 1 heterocycles. The maximum Gasteiger partial charge on any atom is 0.130 e. The molecule has 4 heteroatoms. The van der Waals surface area contributed by atoms with Crippen LogP contribution in [0.25, 0.3) is 0 Å². The first-order chi connectivity index (χ1) is 9.70. The number of hydrogen-bond donors (Lipinski definition) is 0. The molecule has 112 valence electrons. The third-order valence-corrected chi connectivity index (χ3v) is 4.01. The molecule has 1 atom stereocenters. The molecule has 0 N–H and O–H groups in total. The fourth-order valence-electron chi connectivity index (χ4n) is 2.95. The zero-order valence-corrected chi connectivity index (χ0v) is 12.1. The summed E-state index contributed by atoms with van der Waals surface area (Å²) in [6.45, 7) is 3.02. The van der Waals surface area contributed by atoms with Crippen molar-refractivity contribution in [3.05, 3.63) is 35.4 Å². The van der Waals surface area contributed by atoms with Crippen molar-refractivity contribution in [3.8, 4) is 0 Å². The SMILES string of the molecule is COCCCC1CCCN(Cc2c(F)cccc2F)C1. The minimum absolute atomic E-state index is 0.199. The number of benzene rings is 1. The van der Waals surface area contributed by atoms with Gasteiger partial charge in [-0.15, -0.1) is 0 Å². The van der Waals surface area contributed by atoms with Crippen molar-refractivity contribution in [2.75, 3.05) is 26.8 Å². The number of halogens is 2. The van der Waals surface area contributed by atoms with Crippen LogP contribution in [-0.4, -0.2) is 31.7 Å². The van der Waals surface area contributed by atoms with Gasteiger partial charge in [-0.2, -0.15) is 0 Å². The van der Waals surface area contributed by atoms with Gasteiger partial charge in [-0.25, -0.2) is 8.78 Å². The predicted octanol–water partition coefficient (Wildman–Crippen LogP) is 3.60. The lowest BCUT2D eigenvalue weighted by atomic mass is 9.93. The van der Waals surface area contributed by atoms with Crippen molar-refractivity contribution < 1.29 is 13.5 Å². The normalized spacial score (nSPS) is 20.2. The zero-order chi connectivity index (χ0) is 14.4. The molecule has 1 saturated heterocycles. The Labute approximate surface area is 119 Å². The Bertz CT molecular complexity index is 405. The Kier molecular flexibility index (Phi) is 5.92. The van der Waals surface area contributed by atoms with Gasteiger partial charge in [0.05, 0.1) is 0 Å². The van der Waals surface area contributed by atoms with Crippen LogP contribution in [0, 0.1) is 17.6 Å². The molecule has 1 aliphatic rings. The molecule has 0 aromatic heterocycles. The molecule has 0 aliphatic carbocycles. The second kappa shape index (κ2) is 7.70. The van der Waals surface area contributed by atoms with E-state index >= 15 is 0 Å². The standard InChI is InChI=1S/C16H23F2NO/c1-20-10-4-6-13-5-3-9-19(11-13)12-14-15(17)7-2-8-16(14)18/h2,7-8,13H,3-6,9-12H2,1H3. The third-order valence-electron chi connectivity index (χ3n) is 4.01. The van der Waals surface area contributed by atoms with Crippen molar-refractivity contribution >= 4 is 0 Å². The van der Waals surface area contributed by atoms with Gasteiger partial charge < -0.3 is 4.74 Å². The molecule has 0 bridgehead atoms. The van der Waals surface area contributed by atoms with Crippen LogP contribution >= 0.6 is 0 Å². The first-order valence-corrected chi connectivity index (χ1v) is 7.35. The van der Waals surface area contributed by atoms with E-state index < -0.39 is 11.6 Å². The minimum atomic E-state index is -0.438. The van der Waals surface area contributed by atoms with E-state index in [4.69, 9.17) is 4.74 Å². The zero-order valence-electron chi connectivity index (χ0n) is 12.1. The minimum Gasteiger partial charge on any atom is -0.385 e. The molecule has 1 fully saturated rings. The summed E-state index contributed by atoms with van der Waals surface area (Å²) in [5, 5.41) is 0. The Morgan fingerprint density at radius 1 is 1.30 bits per heavy atom. The number of ether oxygens (including phenoxy) is 1. The number of hydrogen-bond acceptors (Lipinski definition) is 2. The van der Waals surface area contributed by atoms with Crippen LogP contribution < -0.4 is 0 Å². The highest BCUT2D eigenvalue weighted by atomic mass is 19.1. The van der Waals surface area contributed by atoms with E-state index in [1.54, 1.807) is 7.11 Å². The highest BCUT2D eigenvalue weighted by Crippen LogP contribution is 2.23. The average Bonchev–Trinajstić information content (AvgIpc) is 2.44. The summed E-state index contributed by atoms with van der Waals surface area (Å²) in [5.41, 5.74) is 0.199. The summed E-state index contributed by atoms with van der Waals surface area (Å²) in [5.74, 6) is -0.258. The van der Waals surface area contributed by atoms with Crippen molar-refractivity contribution in [2.24, 2.45) is 5.92 Å². The second-order valence-electron chi connectivity index (χ2n) is 5.58. The molecule has 2 rings (SSSR count). The smallest absolute Gasteiger partial charge is 0.130 e. The lowest BCUT2D eigenvalue weighted by molar-refractivity contribution is 0.140. The maximum atomic E-state index is 13.7. The molecule has 0 saturated carbocycles. The number of rotatable bonds is 6. The first-order valence-electron chi connectivity index (χ1n) is 7.35. The summed E-state index contributed by atoms with van der Waals surface area (Å²) >= 11 is 0. The van der Waals surface area contributed by atoms with E-state index in [-0.39, 0.29) is 5.56 Å². The lowest BCUT2D eigenvalue weighted by Gasteiger charge is -2.33. The third kappa shape index (κ3) is 4.25. The lowest BCUT2D eigenvalue weighted by Crippen LogP contribution is -2.35. The van der Waals surface area contributed by atoms with Crippen LogP contribution in [0.5, 0.6) is 0 Å². The van der Waals surface area contributed by atoms with E-state index in [9.17, 15) is 8.78 Å². The van der Waals surface area contributed by atoms with Crippen molar-refractivity contribution in [2.45, 2.75) is 32.2 Å². The van der Waals surface area contributed by atoms with Crippen LogP contribution in [0.2, 0.25) is 0 Å². The molecule has 0 spiro atoms. The summed E-state index contributed by atoms with van der Waals surface area (Å²) in [6.07, 6.45) is 4.50. The summed E-state index contributed by atoms with van der Waals surface area (Å²) in [6, 6.07) is 4.08. The molecule has 1 aromatic rings. The molecule has 1 unspecified atom stereocenters. The van der Waals surface area contributed by atoms with Crippen LogP contribution in [0.15, 0.2) is 18.2 Å². The van der Waals surface area contributed by atoms with E-state index in [0.717, 1.165) is 39.0 Å². The highest BCUT2D eigenvalue weighted by Gasteiger charge is 2.21. The molecular formula is C16H23F2NO. The number of methoxy groups -OCH3 is 1. The van der Waals surface area contributed by atoms with E-state index in [1.807, 2.05) is 0 Å². The number of piperidine rings is 1. The van der Waals surface area contributed by atoms with Crippen molar-refractivity contribution in [1.29, 1.82) is 0 Å². The maximum absolute atomic E-state index is 13.7. The molecular weight excluding hydrogens is 260 g/mol. The number of nitrogens with zero attached hydrogens (tertiary/aromatic N) is 1. The van der Waals surface area contributed by atoms with Gasteiger partial charge in [-0.1, -0.05) is 6.07 Å². The second-order valence-corrected chi connectivity index (χ2v) is 5.58. The summed E-state index contributed by atoms with van der Waals surface area (Å²) < 4.78 is 32.4. The Hall–Kier alpha value is -1.00. The molecule has 1 aromatic carbocycles. The van der Waals surface area contributed by atoms with Crippen molar-refractivity contribution in [3.63, 3.8) is 0 Å². The predicted molar refractivity (Wildman–Crippen MR) is 75.5 cm³/mol. The Morgan fingerprint density at radius 2 is 2.05 bits per heavy atom. The summed E-state index contributed by atoms with van der Waals surface area (Å²) in [7, 11) is 1.72.